The van der Waals surface area contributed by atoms with Crippen LogP contribution in [0.25, 0.3) is 0 Å². The van der Waals surface area contributed by atoms with E-state index in [4.69, 9.17) is 9.84 Å². The summed E-state index contributed by atoms with van der Waals surface area (Å²) in [7, 11) is 2.12. The largest absolute Gasteiger partial charge is 0.508 e. The highest BCUT2D eigenvalue weighted by molar-refractivity contribution is 6.07. The maximum atomic E-state index is 14.2. The molecule has 0 bridgehead atoms. The molecule has 2 aromatic rings. The van der Waals surface area contributed by atoms with Crippen LogP contribution in [0.2, 0.25) is 0 Å². The quantitative estimate of drug-likeness (QED) is 0.746. The highest BCUT2D eigenvalue weighted by Crippen LogP contribution is 2.45. The molecule has 178 valence electrons. The second-order valence-corrected chi connectivity index (χ2v) is 9.88. The van der Waals surface area contributed by atoms with Crippen molar-refractivity contribution in [2.24, 2.45) is 11.0 Å². The van der Waals surface area contributed by atoms with Gasteiger partial charge in [0.1, 0.15) is 17.3 Å². The number of halogens is 1. The number of carbonyl (C=O) groups is 1. The zero-order chi connectivity index (χ0) is 23.4. The first-order chi connectivity index (χ1) is 16.5. The topological polar surface area (TPSA) is 68.6 Å². The number of nitrogens with zero attached hydrogens (tertiary/aromatic N) is 4. The van der Waals surface area contributed by atoms with Gasteiger partial charge >= 0.3 is 6.03 Å². The van der Waals surface area contributed by atoms with E-state index in [1.54, 1.807) is 29.3 Å². The predicted molar refractivity (Wildman–Crippen MR) is 125 cm³/mol. The molecule has 1 aliphatic carbocycles. The van der Waals surface area contributed by atoms with Crippen molar-refractivity contribution < 1.29 is 19.0 Å². The SMILES string of the molecule is CN1CCC(N(C(=O)N2N=C3c4cc(F)ccc4OC[C@H]3[C@H]2c2cccc(O)c2)C2CC2)CC1. The van der Waals surface area contributed by atoms with E-state index >= 15 is 0 Å². The minimum Gasteiger partial charge on any atom is -0.508 e. The van der Waals surface area contributed by atoms with Gasteiger partial charge in [-0.15, -0.1) is 0 Å². The molecule has 1 saturated carbocycles. The van der Waals surface area contributed by atoms with Gasteiger partial charge in [0.2, 0.25) is 0 Å². The normalized spacial score (nSPS) is 24.8. The minimum atomic E-state index is -0.432. The zero-order valence-corrected chi connectivity index (χ0v) is 19.2. The van der Waals surface area contributed by atoms with Crippen molar-refractivity contribution >= 4 is 11.7 Å². The van der Waals surface area contributed by atoms with E-state index in [-0.39, 0.29) is 35.6 Å². The molecule has 2 fully saturated rings. The highest BCUT2D eigenvalue weighted by atomic mass is 19.1. The number of benzene rings is 2. The van der Waals surface area contributed by atoms with Gasteiger partial charge in [0.25, 0.3) is 0 Å². The van der Waals surface area contributed by atoms with E-state index in [0.29, 0.717) is 23.6 Å². The maximum Gasteiger partial charge on any atom is 0.341 e. The lowest BCUT2D eigenvalue weighted by molar-refractivity contribution is 0.0858. The molecule has 1 N–H and O–H groups in total. The van der Waals surface area contributed by atoms with Crippen LogP contribution in [-0.2, 0) is 0 Å². The summed E-state index contributed by atoms with van der Waals surface area (Å²) in [5.74, 6) is 0.0968. The summed E-state index contributed by atoms with van der Waals surface area (Å²) in [4.78, 5) is 18.5. The standard InChI is InChI=1S/C26H29FN4O3/c1-29-11-9-19(10-12-29)30(18-6-7-18)26(33)31-25(16-3-2-4-20(32)13-16)22-15-34-23-8-5-17(27)14-21(23)24(22)28-31/h2-5,8,13-14,18-19,22,25,32H,6-7,9-12,15H2,1H3/t22-,25-/m1/s1. The summed E-state index contributed by atoms with van der Waals surface area (Å²) in [5.41, 5.74) is 2.05. The first kappa shape index (κ1) is 21.4. The van der Waals surface area contributed by atoms with Gasteiger partial charge < -0.3 is 19.6 Å². The van der Waals surface area contributed by atoms with E-state index in [2.05, 4.69) is 16.8 Å². The van der Waals surface area contributed by atoms with E-state index in [0.717, 1.165) is 44.3 Å². The Bertz CT molecular complexity index is 1140. The number of urea groups is 1. The smallest absolute Gasteiger partial charge is 0.341 e. The van der Waals surface area contributed by atoms with Crippen LogP contribution in [0.3, 0.4) is 0 Å². The van der Waals surface area contributed by atoms with Gasteiger partial charge in [0.05, 0.1) is 24.3 Å². The van der Waals surface area contributed by atoms with Gasteiger partial charge in [-0.3, -0.25) is 0 Å². The third kappa shape index (κ3) is 3.70. The summed E-state index contributed by atoms with van der Waals surface area (Å²) >= 11 is 0. The second kappa shape index (κ2) is 8.27. The van der Waals surface area contributed by atoms with Crippen LogP contribution in [0.4, 0.5) is 9.18 Å². The van der Waals surface area contributed by atoms with Gasteiger partial charge in [-0.25, -0.2) is 14.2 Å². The van der Waals surface area contributed by atoms with Crippen LogP contribution < -0.4 is 4.74 Å². The van der Waals surface area contributed by atoms with Crippen molar-refractivity contribution in [1.82, 2.24) is 14.8 Å². The second-order valence-electron chi connectivity index (χ2n) is 9.88. The minimum absolute atomic E-state index is 0.106. The number of hydrogen-bond acceptors (Lipinski definition) is 5. The first-order valence-corrected chi connectivity index (χ1v) is 12.1. The predicted octanol–water partition coefficient (Wildman–Crippen LogP) is 3.98. The molecular weight excluding hydrogens is 435 g/mol. The Balaban J connectivity index is 1.41. The number of aromatic hydroxyl groups is 1. The van der Waals surface area contributed by atoms with Crippen LogP contribution in [0.5, 0.6) is 11.5 Å². The summed E-state index contributed by atoms with van der Waals surface area (Å²) in [6, 6.07) is 11.3. The van der Waals surface area contributed by atoms with Crippen LogP contribution >= 0.6 is 0 Å². The number of amides is 2. The molecule has 0 spiro atoms. The Morgan fingerprint density at radius 2 is 1.88 bits per heavy atom. The molecule has 2 atom stereocenters. The van der Waals surface area contributed by atoms with Gasteiger partial charge in [-0.1, -0.05) is 12.1 Å². The molecule has 2 aromatic carbocycles. The number of piperidine rings is 1. The summed E-state index contributed by atoms with van der Waals surface area (Å²) in [6.07, 6.45) is 3.92. The van der Waals surface area contributed by atoms with Crippen molar-refractivity contribution in [1.29, 1.82) is 0 Å². The Kier molecular flexibility index (Phi) is 5.21. The maximum absolute atomic E-state index is 14.2. The fourth-order valence-electron chi connectivity index (χ4n) is 5.60. The molecule has 7 nitrogen and oxygen atoms in total. The Morgan fingerprint density at radius 3 is 2.62 bits per heavy atom. The third-order valence-electron chi connectivity index (χ3n) is 7.50. The van der Waals surface area contributed by atoms with Crippen LogP contribution in [0.15, 0.2) is 47.6 Å². The highest BCUT2D eigenvalue weighted by Gasteiger charge is 2.49. The molecule has 6 rings (SSSR count). The van der Waals surface area contributed by atoms with Crippen LogP contribution in [0, 0.1) is 11.7 Å². The van der Waals surface area contributed by atoms with E-state index in [9.17, 15) is 14.3 Å². The van der Waals surface area contributed by atoms with Crippen LogP contribution in [0.1, 0.15) is 42.9 Å². The van der Waals surface area contributed by atoms with Crippen molar-refractivity contribution in [2.75, 3.05) is 26.7 Å². The summed E-state index contributed by atoms with van der Waals surface area (Å²) < 4.78 is 20.1. The molecule has 3 heterocycles. The van der Waals surface area contributed by atoms with Gasteiger partial charge in [-0.2, -0.15) is 5.10 Å². The monoisotopic (exact) mass is 464 g/mol. The number of hydrogen-bond donors (Lipinski definition) is 1. The average molecular weight is 465 g/mol. The van der Waals surface area contributed by atoms with Crippen molar-refractivity contribution in [2.45, 2.75) is 43.8 Å². The lowest BCUT2D eigenvalue weighted by Crippen LogP contribution is -2.51. The zero-order valence-electron chi connectivity index (χ0n) is 19.2. The molecule has 3 aliphatic heterocycles. The molecule has 1 saturated heterocycles. The fraction of sp³-hybridized carbons (Fsp3) is 0.462. The molecule has 34 heavy (non-hydrogen) atoms. The molecule has 0 unspecified atom stereocenters. The lowest BCUT2D eigenvalue weighted by atomic mass is 9.85. The van der Waals surface area contributed by atoms with E-state index in [1.807, 2.05) is 6.07 Å². The molecule has 0 aromatic heterocycles. The first-order valence-electron chi connectivity index (χ1n) is 12.1. The number of hydrazone groups is 1. The molecule has 2 amide bonds. The number of ether oxygens (including phenoxy) is 1. The van der Waals surface area contributed by atoms with Gasteiger partial charge in [0, 0.05) is 17.6 Å². The Morgan fingerprint density at radius 1 is 1.12 bits per heavy atom. The third-order valence-corrected chi connectivity index (χ3v) is 7.50. The van der Waals surface area contributed by atoms with Crippen molar-refractivity contribution in [3.05, 3.63) is 59.4 Å². The number of likely N-dealkylation sites (tertiary alicyclic amines) is 1. The lowest BCUT2D eigenvalue weighted by Gasteiger charge is -2.40. The number of phenolic OH excluding ortho intramolecular Hbond substituents is 1. The summed E-state index contributed by atoms with van der Waals surface area (Å²) in [6.45, 7) is 2.27. The van der Waals surface area contributed by atoms with Crippen molar-refractivity contribution in [3.8, 4) is 11.5 Å². The Hall–Kier alpha value is -3.13. The fourth-order valence-corrected chi connectivity index (χ4v) is 5.60. The molecule has 4 aliphatic rings. The molecule has 0 radical (unpaired) electrons. The van der Waals surface area contributed by atoms with Gasteiger partial charge in [-0.05, 0) is 81.7 Å². The number of fused-ring (bicyclic) bond motifs is 3. The number of rotatable bonds is 3. The Labute approximate surface area is 198 Å². The van der Waals surface area contributed by atoms with E-state index in [1.165, 1.54) is 12.1 Å². The summed E-state index contributed by atoms with van der Waals surface area (Å²) in [5, 5.41) is 16.6. The van der Waals surface area contributed by atoms with Gasteiger partial charge in [0.15, 0.2) is 0 Å². The average Bonchev–Trinajstić information content (AvgIpc) is 3.58. The molecule has 8 heteroatoms. The number of carbonyl (C=O) groups excluding carboxylic acids is 1. The van der Waals surface area contributed by atoms with E-state index < -0.39 is 6.04 Å². The van der Waals surface area contributed by atoms with Crippen molar-refractivity contribution in [3.63, 3.8) is 0 Å². The molecular formula is C26H29FN4O3. The number of phenols is 1. The van der Waals surface area contributed by atoms with Crippen LogP contribution in [-0.4, -0.2) is 70.5 Å².